The van der Waals surface area contributed by atoms with Gasteiger partial charge in [-0.1, -0.05) is 15.9 Å². The molecule has 0 bridgehead atoms. The Morgan fingerprint density at radius 1 is 1.44 bits per heavy atom. The van der Waals surface area contributed by atoms with Crippen LogP contribution in [-0.2, 0) is 4.79 Å². The van der Waals surface area contributed by atoms with E-state index in [0.29, 0.717) is 6.54 Å². The third kappa shape index (κ3) is 5.01. The molecule has 0 aliphatic heterocycles. The standard InChI is InChI=1S/C11H14BrNO2S/c12-9-1-3-10(4-2-9)16-7-8(6-13)5-11(14)15/h1-4,8H,5-7,13H2,(H,14,15). The molecule has 0 heterocycles. The summed E-state index contributed by atoms with van der Waals surface area (Å²) in [4.78, 5) is 11.7. The number of carboxylic acid groups (broad SMARTS) is 1. The van der Waals surface area contributed by atoms with Crippen molar-refractivity contribution in [3.8, 4) is 0 Å². The Balaban J connectivity index is 2.43. The predicted octanol–water partition coefficient (Wildman–Crippen LogP) is 2.59. The van der Waals surface area contributed by atoms with Crippen molar-refractivity contribution in [1.82, 2.24) is 0 Å². The number of nitrogens with two attached hydrogens (primary N) is 1. The molecule has 5 heteroatoms. The predicted molar refractivity (Wildman–Crippen MR) is 69.7 cm³/mol. The van der Waals surface area contributed by atoms with Crippen LogP contribution in [0.15, 0.2) is 33.6 Å². The molecule has 0 aromatic heterocycles. The van der Waals surface area contributed by atoms with Crippen LogP contribution in [0.2, 0.25) is 0 Å². The van der Waals surface area contributed by atoms with Crippen LogP contribution in [0.1, 0.15) is 6.42 Å². The molecular formula is C11H14BrNO2S. The van der Waals surface area contributed by atoms with Crippen molar-refractivity contribution in [2.45, 2.75) is 11.3 Å². The molecule has 0 aliphatic rings. The van der Waals surface area contributed by atoms with Crippen molar-refractivity contribution in [3.05, 3.63) is 28.7 Å². The number of carboxylic acids is 1. The minimum absolute atomic E-state index is 0.0335. The molecule has 1 aromatic carbocycles. The SMILES string of the molecule is NCC(CSc1ccc(Br)cc1)CC(=O)O. The topological polar surface area (TPSA) is 63.3 Å². The molecule has 1 rings (SSSR count). The van der Waals surface area contributed by atoms with Gasteiger partial charge in [0.1, 0.15) is 0 Å². The molecule has 0 spiro atoms. The summed E-state index contributed by atoms with van der Waals surface area (Å²) in [6.45, 7) is 0.413. The van der Waals surface area contributed by atoms with Gasteiger partial charge in [0.2, 0.25) is 0 Å². The maximum absolute atomic E-state index is 10.6. The molecule has 0 saturated carbocycles. The van der Waals surface area contributed by atoms with E-state index in [1.54, 1.807) is 11.8 Å². The fourth-order valence-corrected chi connectivity index (χ4v) is 2.48. The second kappa shape index (κ2) is 6.93. The number of thioether (sulfide) groups is 1. The molecule has 88 valence electrons. The smallest absolute Gasteiger partial charge is 0.303 e. The van der Waals surface area contributed by atoms with E-state index in [1.165, 1.54) is 0 Å². The molecule has 16 heavy (non-hydrogen) atoms. The molecular weight excluding hydrogens is 290 g/mol. The largest absolute Gasteiger partial charge is 0.481 e. The number of hydrogen-bond acceptors (Lipinski definition) is 3. The van der Waals surface area contributed by atoms with E-state index in [-0.39, 0.29) is 12.3 Å². The summed E-state index contributed by atoms with van der Waals surface area (Å²) >= 11 is 5.00. The van der Waals surface area contributed by atoms with Crippen LogP contribution >= 0.6 is 27.7 Å². The molecule has 0 radical (unpaired) electrons. The average Bonchev–Trinajstić information content (AvgIpc) is 2.26. The summed E-state index contributed by atoms with van der Waals surface area (Å²) in [5, 5.41) is 8.68. The number of aliphatic carboxylic acids is 1. The van der Waals surface area contributed by atoms with Gasteiger partial charge >= 0.3 is 5.97 Å². The molecule has 1 atom stereocenters. The fourth-order valence-electron chi connectivity index (χ4n) is 1.20. The van der Waals surface area contributed by atoms with E-state index in [9.17, 15) is 4.79 Å². The van der Waals surface area contributed by atoms with E-state index in [2.05, 4.69) is 15.9 Å². The van der Waals surface area contributed by atoms with Crippen LogP contribution in [0.25, 0.3) is 0 Å². The first kappa shape index (κ1) is 13.5. The monoisotopic (exact) mass is 303 g/mol. The van der Waals surface area contributed by atoms with Crippen molar-refractivity contribution in [3.63, 3.8) is 0 Å². The highest BCUT2D eigenvalue weighted by Gasteiger charge is 2.11. The van der Waals surface area contributed by atoms with Gasteiger partial charge < -0.3 is 10.8 Å². The van der Waals surface area contributed by atoms with E-state index < -0.39 is 5.97 Å². The van der Waals surface area contributed by atoms with Crippen LogP contribution in [0.5, 0.6) is 0 Å². The summed E-state index contributed by atoms with van der Waals surface area (Å²) in [5.41, 5.74) is 5.53. The zero-order chi connectivity index (χ0) is 12.0. The summed E-state index contributed by atoms with van der Waals surface area (Å²) in [5.74, 6) is -0.0113. The molecule has 0 amide bonds. The van der Waals surface area contributed by atoms with Crippen molar-refractivity contribution in [2.75, 3.05) is 12.3 Å². The number of benzene rings is 1. The number of hydrogen-bond donors (Lipinski definition) is 2. The first-order chi connectivity index (χ1) is 7.61. The van der Waals surface area contributed by atoms with Gasteiger partial charge in [-0.2, -0.15) is 0 Å². The van der Waals surface area contributed by atoms with Gasteiger partial charge in [0.05, 0.1) is 6.42 Å². The van der Waals surface area contributed by atoms with Gasteiger partial charge in [-0.05, 0) is 36.7 Å². The lowest BCUT2D eigenvalue weighted by atomic mass is 10.1. The Hall–Kier alpha value is -0.520. The Labute approximate surface area is 108 Å². The second-order valence-corrected chi connectivity index (χ2v) is 5.47. The molecule has 0 saturated heterocycles. The summed E-state index contributed by atoms with van der Waals surface area (Å²) in [6.07, 6.45) is 0.139. The maximum Gasteiger partial charge on any atom is 0.303 e. The zero-order valence-electron chi connectivity index (χ0n) is 8.73. The van der Waals surface area contributed by atoms with Crippen LogP contribution in [-0.4, -0.2) is 23.4 Å². The summed E-state index contributed by atoms with van der Waals surface area (Å²) in [7, 11) is 0. The minimum atomic E-state index is -0.785. The normalized spacial score (nSPS) is 12.4. The van der Waals surface area contributed by atoms with Crippen LogP contribution in [0, 0.1) is 5.92 Å². The van der Waals surface area contributed by atoms with Gasteiger partial charge in [0.25, 0.3) is 0 Å². The van der Waals surface area contributed by atoms with Crippen molar-refractivity contribution >= 4 is 33.7 Å². The van der Waals surface area contributed by atoms with Crippen molar-refractivity contribution < 1.29 is 9.90 Å². The molecule has 1 aromatic rings. The van der Waals surface area contributed by atoms with Gasteiger partial charge in [-0.3, -0.25) is 4.79 Å². The van der Waals surface area contributed by atoms with Gasteiger partial charge in [-0.15, -0.1) is 11.8 Å². The summed E-state index contributed by atoms with van der Waals surface area (Å²) < 4.78 is 1.04. The van der Waals surface area contributed by atoms with E-state index in [0.717, 1.165) is 15.1 Å². The Bertz CT molecular complexity index is 342. The van der Waals surface area contributed by atoms with E-state index in [1.807, 2.05) is 24.3 Å². The van der Waals surface area contributed by atoms with Crippen LogP contribution in [0.3, 0.4) is 0 Å². The highest BCUT2D eigenvalue weighted by Crippen LogP contribution is 2.23. The Morgan fingerprint density at radius 3 is 2.56 bits per heavy atom. The minimum Gasteiger partial charge on any atom is -0.481 e. The van der Waals surface area contributed by atoms with E-state index >= 15 is 0 Å². The highest BCUT2D eigenvalue weighted by molar-refractivity contribution is 9.10. The second-order valence-electron chi connectivity index (χ2n) is 3.46. The first-order valence-corrected chi connectivity index (χ1v) is 6.70. The zero-order valence-corrected chi connectivity index (χ0v) is 11.1. The van der Waals surface area contributed by atoms with Crippen molar-refractivity contribution in [2.24, 2.45) is 11.7 Å². The maximum atomic E-state index is 10.6. The van der Waals surface area contributed by atoms with Gasteiger partial charge in [0.15, 0.2) is 0 Å². The third-order valence-corrected chi connectivity index (χ3v) is 3.87. The first-order valence-electron chi connectivity index (χ1n) is 4.92. The fraction of sp³-hybridized carbons (Fsp3) is 0.364. The number of halogens is 1. The van der Waals surface area contributed by atoms with Gasteiger partial charge in [0, 0.05) is 15.1 Å². The van der Waals surface area contributed by atoms with Gasteiger partial charge in [-0.25, -0.2) is 0 Å². The summed E-state index contributed by atoms with van der Waals surface area (Å²) in [6, 6.07) is 7.94. The average molecular weight is 304 g/mol. The molecule has 3 N–H and O–H groups in total. The Morgan fingerprint density at radius 2 is 2.06 bits per heavy atom. The lowest BCUT2D eigenvalue weighted by Crippen LogP contribution is -2.20. The molecule has 1 unspecified atom stereocenters. The van der Waals surface area contributed by atoms with E-state index in [4.69, 9.17) is 10.8 Å². The molecule has 0 aliphatic carbocycles. The lowest BCUT2D eigenvalue weighted by Gasteiger charge is -2.11. The third-order valence-electron chi connectivity index (χ3n) is 2.10. The lowest BCUT2D eigenvalue weighted by molar-refractivity contribution is -0.137. The van der Waals surface area contributed by atoms with Crippen LogP contribution < -0.4 is 5.73 Å². The number of rotatable bonds is 6. The molecule has 3 nitrogen and oxygen atoms in total. The highest BCUT2D eigenvalue weighted by atomic mass is 79.9. The van der Waals surface area contributed by atoms with Crippen LogP contribution in [0.4, 0.5) is 0 Å². The van der Waals surface area contributed by atoms with Crippen molar-refractivity contribution in [1.29, 1.82) is 0 Å². The quantitative estimate of drug-likeness (QED) is 0.793. The Kier molecular flexibility index (Phi) is 5.87. The number of carbonyl (C=O) groups is 1. The molecule has 0 fully saturated rings.